The van der Waals surface area contributed by atoms with Crippen molar-refractivity contribution in [3.63, 3.8) is 0 Å². The van der Waals surface area contributed by atoms with E-state index in [1.165, 1.54) is 17.0 Å². The Hall–Kier alpha value is -4.32. The fraction of sp³-hybridized carbons (Fsp3) is 0.192. The molecule has 200 valence electrons. The summed E-state index contributed by atoms with van der Waals surface area (Å²) >= 11 is 0. The zero-order valence-electron chi connectivity index (χ0n) is 20.4. The van der Waals surface area contributed by atoms with E-state index in [1.54, 1.807) is 24.3 Å². The van der Waals surface area contributed by atoms with E-state index < -0.39 is 34.6 Å². The Morgan fingerprint density at radius 2 is 1.77 bits per heavy atom. The van der Waals surface area contributed by atoms with Crippen LogP contribution in [0.5, 0.6) is 0 Å². The van der Waals surface area contributed by atoms with E-state index in [-0.39, 0.29) is 29.4 Å². The second-order valence-corrected chi connectivity index (χ2v) is 10.4. The molecule has 0 spiro atoms. The van der Waals surface area contributed by atoms with Gasteiger partial charge in [0.1, 0.15) is 23.8 Å². The lowest BCUT2D eigenvalue weighted by atomic mass is 10.1. The molecule has 2 aromatic heterocycles. The number of para-hydroxylation sites is 1. The number of sulfonamides is 1. The summed E-state index contributed by atoms with van der Waals surface area (Å²) < 4.78 is 34.6. The fourth-order valence-corrected chi connectivity index (χ4v) is 4.85. The Kier molecular flexibility index (Phi) is 7.29. The maximum Gasteiger partial charge on any atom is 0.233 e. The van der Waals surface area contributed by atoms with Gasteiger partial charge in [-0.15, -0.1) is 0 Å². The number of anilines is 2. The first kappa shape index (κ1) is 26.3. The van der Waals surface area contributed by atoms with Crippen LogP contribution in [0.1, 0.15) is 23.2 Å². The molecule has 4 atom stereocenters. The van der Waals surface area contributed by atoms with Crippen LogP contribution >= 0.6 is 0 Å². The number of benzene rings is 2. The third kappa shape index (κ3) is 5.75. The van der Waals surface area contributed by atoms with Crippen molar-refractivity contribution in [2.75, 3.05) is 18.0 Å². The van der Waals surface area contributed by atoms with Crippen molar-refractivity contribution in [1.82, 2.24) is 24.2 Å². The van der Waals surface area contributed by atoms with Crippen LogP contribution in [-0.2, 0) is 14.8 Å². The molecule has 5 rings (SSSR count). The Bertz CT molecular complexity index is 1700. The van der Waals surface area contributed by atoms with Crippen molar-refractivity contribution < 1.29 is 23.4 Å². The predicted octanol–water partition coefficient (Wildman–Crippen LogP) is 0.600. The zero-order valence-corrected chi connectivity index (χ0v) is 21.2. The monoisotopic (exact) mass is 547 g/mol. The Balaban J connectivity index is 1.33. The first-order valence-electron chi connectivity index (χ1n) is 11.8. The van der Waals surface area contributed by atoms with Gasteiger partial charge in [-0.25, -0.2) is 28.1 Å². The van der Waals surface area contributed by atoms with Gasteiger partial charge in [-0.1, -0.05) is 42.3 Å². The second-order valence-electron chi connectivity index (χ2n) is 8.74. The molecule has 39 heavy (non-hydrogen) atoms. The summed E-state index contributed by atoms with van der Waals surface area (Å²) in [6, 6.07) is 16.1. The summed E-state index contributed by atoms with van der Waals surface area (Å²) in [5.41, 5.74) is 14.1. The number of nitrogens with zero attached hydrogens (tertiary/aromatic N) is 4. The predicted molar refractivity (Wildman–Crippen MR) is 145 cm³/mol. The molecule has 3 heterocycles. The van der Waals surface area contributed by atoms with E-state index in [1.807, 2.05) is 30.3 Å². The summed E-state index contributed by atoms with van der Waals surface area (Å²) in [5.74, 6) is 6.03. The summed E-state index contributed by atoms with van der Waals surface area (Å²) in [6.07, 6.45) is -2.29. The van der Waals surface area contributed by atoms with Gasteiger partial charge in [0.05, 0.1) is 6.33 Å². The molecule has 2 aromatic carbocycles. The molecule has 7 N–H and O–H groups in total. The minimum atomic E-state index is -3.90. The number of rotatable bonds is 6. The van der Waals surface area contributed by atoms with Crippen LogP contribution < -0.4 is 16.2 Å². The van der Waals surface area contributed by atoms with Crippen molar-refractivity contribution in [2.24, 2.45) is 0 Å². The summed E-state index contributed by atoms with van der Waals surface area (Å²) in [5, 5.41) is 22.3. The van der Waals surface area contributed by atoms with E-state index in [0.29, 0.717) is 11.3 Å². The lowest BCUT2D eigenvalue weighted by molar-refractivity contribution is -0.0329. The van der Waals surface area contributed by atoms with E-state index in [4.69, 9.17) is 16.2 Å². The Labute approximate surface area is 224 Å². The minimum Gasteiger partial charge on any atom is -0.398 e. The number of nitrogen functional groups attached to an aromatic ring is 2. The number of nitrogens with one attached hydrogen (secondary N) is 1. The molecule has 1 saturated heterocycles. The van der Waals surface area contributed by atoms with Gasteiger partial charge >= 0.3 is 0 Å². The van der Waals surface area contributed by atoms with Gasteiger partial charge in [0.15, 0.2) is 17.7 Å². The highest BCUT2D eigenvalue weighted by Gasteiger charge is 2.44. The molecule has 13 heteroatoms. The highest BCUT2D eigenvalue weighted by Crippen LogP contribution is 2.32. The number of aliphatic hydroxyl groups is 2. The lowest BCUT2D eigenvalue weighted by Crippen LogP contribution is -2.39. The standard InChI is InChI=1S/C26H25N7O5S/c27-18-9-5-4-8-17(18)12-13-39(36,37)30-14-19-22(34)23(35)26(38-19)33-15-29-21-24(28)31-20(32-25(21)33)11-10-16-6-2-1-3-7-16/h1-9,12-13,15,19,22-23,26,30,34-35H,14,27H2,(H2,28,31,32)/b13-12+/t19-,22-,23-,26-/m1/s1. The van der Waals surface area contributed by atoms with Gasteiger partial charge in [0, 0.05) is 23.2 Å². The van der Waals surface area contributed by atoms with Crippen LogP contribution in [0.15, 0.2) is 66.3 Å². The SMILES string of the molecule is Nc1ccccc1/C=C/S(=O)(=O)NC[C@H]1O[C@@H](n2cnc3c(N)nc(C#Cc4ccccc4)nc32)[C@H](O)[C@@H]1O. The molecule has 0 amide bonds. The normalized spacial score (nSPS) is 21.3. The van der Waals surface area contributed by atoms with Gasteiger partial charge in [-0.3, -0.25) is 4.57 Å². The van der Waals surface area contributed by atoms with Crippen LogP contribution in [0.2, 0.25) is 0 Å². The number of imidazole rings is 1. The van der Waals surface area contributed by atoms with Crippen molar-refractivity contribution in [3.05, 3.63) is 83.3 Å². The summed E-state index contributed by atoms with van der Waals surface area (Å²) in [7, 11) is -3.90. The summed E-state index contributed by atoms with van der Waals surface area (Å²) in [4.78, 5) is 12.8. The average molecular weight is 548 g/mol. The summed E-state index contributed by atoms with van der Waals surface area (Å²) in [6.45, 7) is -0.302. The largest absolute Gasteiger partial charge is 0.398 e. The van der Waals surface area contributed by atoms with Crippen LogP contribution in [-0.4, -0.2) is 63.0 Å². The molecule has 1 fully saturated rings. The van der Waals surface area contributed by atoms with Crippen LogP contribution in [0.25, 0.3) is 17.2 Å². The van der Waals surface area contributed by atoms with Gasteiger partial charge in [-0.2, -0.15) is 0 Å². The first-order valence-corrected chi connectivity index (χ1v) is 13.4. The van der Waals surface area contributed by atoms with Crippen LogP contribution in [0.4, 0.5) is 11.5 Å². The number of aliphatic hydroxyl groups excluding tert-OH is 2. The molecule has 0 saturated carbocycles. The maximum atomic E-state index is 12.5. The van der Waals surface area contributed by atoms with Crippen molar-refractivity contribution in [3.8, 4) is 11.8 Å². The maximum absolute atomic E-state index is 12.5. The third-order valence-corrected chi connectivity index (χ3v) is 7.12. The molecule has 0 unspecified atom stereocenters. The number of ether oxygens (including phenoxy) is 1. The molecule has 0 radical (unpaired) electrons. The average Bonchev–Trinajstić information content (AvgIpc) is 3.47. The molecule has 12 nitrogen and oxygen atoms in total. The third-order valence-electron chi connectivity index (χ3n) is 6.06. The number of fused-ring (bicyclic) bond motifs is 1. The fourth-order valence-electron chi connectivity index (χ4n) is 4.03. The quantitative estimate of drug-likeness (QED) is 0.169. The number of aromatic nitrogens is 4. The zero-order chi connectivity index (χ0) is 27.6. The topological polar surface area (TPSA) is 191 Å². The molecule has 4 aromatic rings. The van der Waals surface area contributed by atoms with Gasteiger partial charge in [-0.05, 0) is 35.8 Å². The van der Waals surface area contributed by atoms with Crippen LogP contribution in [0, 0.1) is 11.8 Å². The van der Waals surface area contributed by atoms with Crippen molar-refractivity contribution in [1.29, 1.82) is 0 Å². The van der Waals surface area contributed by atoms with Crippen molar-refractivity contribution in [2.45, 2.75) is 24.5 Å². The van der Waals surface area contributed by atoms with E-state index in [9.17, 15) is 18.6 Å². The Morgan fingerprint density at radius 3 is 2.54 bits per heavy atom. The molecular formula is C26H25N7O5S. The molecule has 0 bridgehead atoms. The van der Waals surface area contributed by atoms with Gasteiger partial charge in [0.25, 0.3) is 0 Å². The van der Waals surface area contributed by atoms with E-state index in [2.05, 4.69) is 31.5 Å². The molecular weight excluding hydrogens is 522 g/mol. The first-order chi connectivity index (χ1) is 18.7. The minimum absolute atomic E-state index is 0.0827. The highest BCUT2D eigenvalue weighted by molar-refractivity contribution is 7.92. The van der Waals surface area contributed by atoms with E-state index >= 15 is 0 Å². The van der Waals surface area contributed by atoms with Crippen molar-refractivity contribution >= 4 is 38.8 Å². The number of nitrogens with two attached hydrogens (primary N) is 2. The smallest absolute Gasteiger partial charge is 0.233 e. The molecule has 1 aliphatic rings. The van der Waals surface area contributed by atoms with Gasteiger partial charge in [0.2, 0.25) is 15.8 Å². The second kappa shape index (κ2) is 10.8. The van der Waals surface area contributed by atoms with E-state index in [0.717, 1.165) is 11.0 Å². The number of hydrogen-bond acceptors (Lipinski definition) is 10. The molecule has 0 aliphatic carbocycles. The molecule has 1 aliphatic heterocycles. The van der Waals surface area contributed by atoms with Gasteiger partial charge < -0.3 is 26.4 Å². The highest BCUT2D eigenvalue weighted by atomic mass is 32.2. The number of hydrogen-bond donors (Lipinski definition) is 5. The lowest BCUT2D eigenvalue weighted by Gasteiger charge is -2.16. The van der Waals surface area contributed by atoms with Crippen LogP contribution in [0.3, 0.4) is 0 Å². The Morgan fingerprint density at radius 1 is 1.03 bits per heavy atom.